The van der Waals surface area contributed by atoms with Crippen molar-refractivity contribution in [1.82, 2.24) is 10.2 Å². The van der Waals surface area contributed by atoms with Crippen LogP contribution in [0, 0.1) is 0 Å². The largest absolute Gasteiger partial charge is 0.365 e. The van der Waals surface area contributed by atoms with Crippen LogP contribution in [-0.2, 0) is 6.54 Å². The number of aromatic nitrogens is 2. The first-order valence-corrected chi connectivity index (χ1v) is 7.74. The molecule has 0 aliphatic rings. The molecule has 4 N–H and O–H groups in total. The van der Waals surface area contributed by atoms with Crippen LogP contribution in [0.2, 0.25) is 5.02 Å². The van der Waals surface area contributed by atoms with Gasteiger partial charge in [-0.25, -0.2) is 0 Å². The van der Waals surface area contributed by atoms with Crippen LogP contribution in [-0.4, -0.2) is 16.1 Å². The van der Waals surface area contributed by atoms with Crippen molar-refractivity contribution in [2.75, 3.05) is 5.32 Å². The van der Waals surface area contributed by atoms with Gasteiger partial charge in [-0.05, 0) is 29.8 Å². The van der Waals surface area contributed by atoms with E-state index in [9.17, 15) is 4.79 Å². The number of hydrogen-bond donors (Lipinski definition) is 3. The second-order valence-corrected chi connectivity index (χ2v) is 6.26. The Morgan fingerprint density at radius 1 is 1.36 bits per heavy atom. The number of nitrogens with one attached hydrogen (secondary N) is 2. The Hall–Kier alpha value is -2.31. The fraction of sp³-hybridized carbons (Fsp3) is 0.0667. The number of carbonyl (C=O) groups excluding carboxylic acids is 1. The number of anilines is 1. The number of primary amides is 1. The van der Waals surface area contributed by atoms with E-state index in [-0.39, 0.29) is 0 Å². The number of H-pyrrole nitrogens is 1. The quantitative estimate of drug-likeness (QED) is 0.668. The average Bonchev–Trinajstić information content (AvgIpc) is 3.14. The van der Waals surface area contributed by atoms with E-state index >= 15 is 0 Å². The monoisotopic (exact) mass is 332 g/mol. The normalized spacial score (nSPS) is 10.6. The summed E-state index contributed by atoms with van der Waals surface area (Å²) >= 11 is 7.67. The standard InChI is InChI=1S/C15H13ClN4OS/c16-10-3-1-2-9(6-10)13-5-4-11(22-13)7-18-15-12(14(17)21)8-19-20-15/h1-6,8H,7H2,(H2,17,21)(H2,18,19,20). The van der Waals surface area contributed by atoms with E-state index in [1.165, 1.54) is 6.20 Å². The van der Waals surface area contributed by atoms with Crippen molar-refractivity contribution in [1.29, 1.82) is 0 Å². The summed E-state index contributed by atoms with van der Waals surface area (Å²) in [4.78, 5) is 13.5. The number of thiophene rings is 1. The van der Waals surface area contributed by atoms with Crippen LogP contribution < -0.4 is 11.1 Å². The summed E-state index contributed by atoms with van der Waals surface area (Å²) in [5, 5.41) is 10.4. The van der Waals surface area contributed by atoms with Gasteiger partial charge in [-0.3, -0.25) is 9.89 Å². The highest BCUT2D eigenvalue weighted by molar-refractivity contribution is 7.15. The molecule has 0 bridgehead atoms. The van der Waals surface area contributed by atoms with Crippen LogP contribution in [0.4, 0.5) is 5.82 Å². The Kier molecular flexibility index (Phi) is 4.13. The molecule has 1 aromatic carbocycles. The zero-order chi connectivity index (χ0) is 15.5. The molecule has 3 aromatic rings. The van der Waals surface area contributed by atoms with Gasteiger partial charge in [-0.2, -0.15) is 5.10 Å². The highest BCUT2D eigenvalue weighted by Crippen LogP contribution is 2.30. The van der Waals surface area contributed by atoms with Gasteiger partial charge in [0.2, 0.25) is 0 Å². The van der Waals surface area contributed by atoms with Gasteiger partial charge in [0.25, 0.3) is 5.91 Å². The molecule has 0 saturated heterocycles. The topological polar surface area (TPSA) is 83.8 Å². The fourth-order valence-electron chi connectivity index (χ4n) is 2.05. The lowest BCUT2D eigenvalue weighted by atomic mass is 10.2. The van der Waals surface area contributed by atoms with E-state index in [1.54, 1.807) is 11.3 Å². The molecular weight excluding hydrogens is 320 g/mol. The van der Waals surface area contributed by atoms with E-state index in [1.807, 2.05) is 30.3 Å². The van der Waals surface area contributed by atoms with E-state index in [4.69, 9.17) is 17.3 Å². The molecular formula is C15H13ClN4OS. The summed E-state index contributed by atoms with van der Waals surface area (Å²) in [6.07, 6.45) is 1.41. The molecule has 22 heavy (non-hydrogen) atoms. The molecule has 2 aromatic heterocycles. The summed E-state index contributed by atoms with van der Waals surface area (Å²) in [7, 11) is 0. The smallest absolute Gasteiger partial charge is 0.254 e. The third-order valence-electron chi connectivity index (χ3n) is 3.11. The van der Waals surface area contributed by atoms with Gasteiger partial charge >= 0.3 is 0 Å². The van der Waals surface area contributed by atoms with Crippen molar-refractivity contribution in [2.45, 2.75) is 6.54 Å². The summed E-state index contributed by atoms with van der Waals surface area (Å²) < 4.78 is 0. The van der Waals surface area contributed by atoms with Crippen LogP contribution in [0.15, 0.2) is 42.6 Å². The minimum absolute atomic E-state index is 0.353. The van der Waals surface area contributed by atoms with Crippen LogP contribution in [0.25, 0.3) is 10.4 Å². The Morgan fingerprint density at radius 3 is 3.00 bits per heavy atom. The molecule has 0 spiro atoms. The number of nitrogens with zero attached hydrogens (tertiary/aromatic N) is 1. The number of aromatic amines is 1. The molecule has 0 fully saturated rings. The van der Waals surface area contributed by atoms with Gasteiger partial charge in [0, 0.05) is 14.8 Å². The maximum atomic E-state index is 11.2. The van der Waals surface area contributed by atoms with Gasteiger partial charge in [0.1, 0.15) is 11.4 Å². The average molecular weight is 333 g/mol. The van der Waals surface area contributed by atoms with E-state index in [0.29, 0.717) is 22.9 Å². The number of halogens is 1. The van der Waals surface area contributed by atoms with E-state index < -0.39 is 5.91 Å². The third kappa shape index (κ3) is 3.13. The number of rotatable bonds is 5. The molecule has 0 aliphatic carbocycles. The third-order valence-corrected chi connectivity index (χ3v) is 4.48. The fourth-order valence-corrected chi connectivity index (χ4v) is 3.19. The van der Waals surface area contributed by atoms with Gasteiger partial charge in [-0.1, -0.05) is 23.7 Å². The molecule has 0 unspecified atom stereocenters. The summed E-state index contributed by atoms with van der Waals surface area (Å²) in [5.74, 6) is 0.0206. The Balaban J connectivity index is 1.72. The number of benzene rings is 1. The minimum atomic E-state index is -0.512. The zero-order valence-corrected chi connectivity index (χ0v) is 13.0. The highest BCUT2D eigenvalue weighted by Gasteiger charge is 2.10. The molecule has 0 radical (unpaired) electrons. The van der Waals surface area contributed by atoms with Crippen LogP contribution in [0.1, 0.15) is 15.2 Å². The summed E-state index contributed by atoms with van der Waals surface area (Å²) in [6, 6.07) is 11.8. The summed E-state index contributed by atoms with van der Waals surface area (Å²) in [6.45, 7) is 0.577. The molecule has 0 saturated carbocycles. The maximum Gasteiger partial charge on any atom is 0.254 e. The van der Waals surface area contributed by atoms with E-state index in [2.05, 4.69) is 21.6 Å². The predicted octanol–water partition coefficient (Wildman–Crippen LogP) is 3.50. The Labute approximate surface area is 136 Å². The van der Waals surface area contributed by atoms with Crippen molar-refractivity contribution in [3.05, 3.63) is 58.1 Å². The van der Waals surface area contributed by atoms with Crippen molar-refractivity contribution >= 4 is 34.7 Å². The molecule has 0 aliphatic heterocycles. The molecule has 7 heteroatoms. The molecule has 5 nitrogen and oxygen atoms in total. The first-order chi connectivity index (χ1) is 10.6. The number of carbonyl (C=O) groups is 1. The molecule has 112 valence electrons. The van der Waals surface area contributed by atoms with E-state index in [0.717, 1.165) is 15.3 Å². The van der Waals surface area contributed by atoms with Crippen LogP contribution in [0.5, 0.6) is 0 Å². The lowest BCUT2D eigenvalue weighted by molar-refractivity contribution is 0.100. The second kappa shape index (κ2) is 6.21. The lowest BCUT2D eigenvalue weighted by Gasteiger charge is -2.03. The van der Waals surface area contributed by atoms with Crippen molar-refractivity contribution in [3.63, 3.8) is 0 Å². The lowest BCUT2D eigenvalue weighted by Crippen LogP contribution is -2.13. The summed E-state index contributed by atoms with van der Waals surface area (Å²) in [5.41, 5.74) is 6.71. The van der Waals surface area contributed by atoms with Crippen molar-refractivity contribution in [2.24, 2.45) is 5.73 Å². The first kappa shape index (κ1) is 14.6. The second-order valence-electron chi connectivity index (χ2n) is 4.65. The Morgan fingerprint density at radius 2 is 2.23 bits per heavy atom. The predicted molar refractivity (Wildman–Crippen MR) is 89.2 cm³/mol. The van der Waals surface area contributed by atoms with Crippen molar-refractivity contribution < 1.29 is 4.79 Å². The SMILES string of the molecule is NC(=O)c1cn[nH]c1NCc1ccc(-c2cccc(Cl)c2)s1. The molecule has 2 heterocycles. The highest BCUT2D eigenvalue weighted by atomic mass is 35.5. The van der Waals surface area contributed by atoms with Gasteiger partial charge in [0.05, 0.1) is 12.7 Å². The first-order valence-electron chi connectivity index (χ1n) is 6.55. The van der Waals surface area contributed by atoms with Gasteiger partial charge < -0.3 is 11.1 Å². The van der Waals surface area contributed by atoms with Crippen LogP contribution in [0.3, 0.4) is 0 Å². The zero-order valence-electron chi connectivity index (χ0n) is 11.5. The van der Waals surface area contributed by atoms with Gasteiger partial charge in [0.15, 0.2) is 0 Å². The number of amides is 1. The van der Waals surface area contributed by atoms with Gasteiger partial charge in [-0.15, -0.1) is 11.3 Å². The molecule has 1 amide bonds. The van der Waals surface area contributed by atoms with Crippen molar-refractivity contribution in [3.8, 4) is 10.4 Å². The molecule has 3 rings (SSSR count). The Bertz CT molecular complexity index is 811. The minimum Gasteiger partial charge on any atom is -0.365 e. The van der Waals surface area contributed by atoms with Crippen LogP contribution >= 0.6 is 22.9 Å². The number of nitrogens with two attached hydrogens (primary N) is 1. The maximum absolute atomic E-state index is 11.2. The number of hydrogen-bond acceptors (Lipinski definition) is 4. The molecule has 0 atom stereocenters.